The molecule has 1 amide bonds. The molecule has 2 heterocycles. The predicted molar refractivity (Wildman–Crippen MR) is 74.1 cm³/mol. The van der Waals surface area contributed by atoms with E-state index in [1.807, 2.05) is 31.7 Å². The van der Waals surface area contributed by atoms with E-state index in [0.717, 1.165) is 19.6 Å². The number of likely N-dealkylation sites (tertiary alicyclic amines) is 1. The molecule has 2 fully saturated rings. The maximum atomic E-state index is 11.9. The second-order valence-electron chi connectivity index (χ2n) is 6.75. The van der Waals surface area contributed by atoms with E-state index in [-0.39, 0.29) is 6.09 Å². The van der Waals surface area contributed by atoms with Crippen LogP contribution in [-0.4, -0.2) is 35.7 Å². The minimum atomic E-state index is -0.414. The lowest BCUT2D eigenvalue weighted by Crippen LogP contribution is -2.39. The number of nitrogens with one attached hydrogen (secondary N) is 1. The lowest BCUT2D eigenvalue weighted by molar-refractivity contribution is 0.0269. The Hall–Kier alpha value is -1.49. The molecule has 5 nitrogen and oxygen atoms in total. The third kappa shape index (κ3) is 2.82. The number of hydrogen-bond acceptors (Lipinski definition) is 4. The van der Waals surface area contributed by atoms with Crippen molar-refractivity contribution >= 4 is 6.09 Å². The zero-order valence-electron chi connectivity index (χ0n) is 12.3. The minimum Gasteiger partial charge on any atom is -0.472 e. The average Bonchev–Trinajstić information content (AvgIpc) is 2.78. The Bertz CT molecular complexity index is 466. The molecule has 1 aromatic heterocycles. The molecule has 0 radical (unpaired) electrons. The molecule has 1 N–H and O–H groups in total. The summed E-state index contributed by atoms with van der Waals surface area (Å²) >= 11 is 0. The number of hydrogen-bond donors (Lipinski definition) is 1. The third-order valence-electron chi connectivity index (χ3n) is 3.97. The van der Waals surface area contributed by atoms with Crippen LogP contribution in [0.2, 0.25) is 0 Å². The first-order chi connectivity index (χ1) is 9.44. The number of ether oxygens (including phenoxy) is 1. The Balaban J connectivity index is 1.43. The lowest BCUT2D eigenvalue weighted by atomic mass is 10.2. The zero-order chi connectivity index (χ0) is 14.3. The molecule has 0 aromatic carbocycles. The van der Waals surface area contributed by atoms with Gasteiger partial charge in [0.1, 0.15) is 5.60 Å². The van der Waals surface area contributed by atoms with Gasteiger partial charge in [0.15, 0.2) is 0 Å². The Labute approximate surface area is 119 Å². The number of fused-ring (bicyclic) bond motifs is 1. The first kappa shape index (κ1) is 13.5. The van der Waals surface area contributed by atoms with Crippen LogP contribution in [0.25, 0.3) is 0 Å². The van der Waals surface area contributed by atoms with Gasteiger partial charge in [-0.3, -0.25) is 0 Å². The summed E-state index contributed by atoms with van der Waals surface area (Å²) in [4.78, 5) is 13.8. The standard InChI is InChI=1S/C15H22N2O3/c1-15(2,3)20-14(18)17-7-11-12(8-17)13(11)16-6-10-4-5-19-9-10/h4-5,9,11-13,16H,6-8H2,1-3H3. The molecule has 0 bridgehead atoms. The first-order valence-electron chi connectivity index (χ1n) is 7.16. The highest BCUT2D eigenvalue weighted by Gasteiger charge is 2.56. The molecule has 0 spiro atoms. The van der Waals surface area contributed by atoms with E-state index in [4.69, 9.17) is 9.15 Å². The van der Waals surface area contributed by atoms with E-state index in [0.29, 0.717) is 17.9 Å². The van der Waals surface area contributed by atoms with Crippen LogP contribution in [-0.2, 0) is 11.3 Å². The number of carbonyl (C=O) groups is 1. The van der Waals surface area contributed by atoms with Crippen molar-refractivity contribution in [1.82, 2.24) is 10.2 Å². The van der Waals surface area contributed by atoms with Crippen LogP contribution in [0.1, 0.15) is 26.3 Å². The highest BCUT2D eigenvalue weighted by Crippen LogP contribution is 2.45. The number of piperidine rings is 1. The van der Waals surface area contributed by atoms with E-state index in [1.165, 1.54) is 5.56 Å². The van der Waals surface area contributed by atoms with Crippen molar-refractivity contribution in [3.63, 3.8) is 0 Å². The number of amides is 1. The van der Waals surface area contributed by atoms with E-state index in [9.17, 15) is 4.79 Å². The molecule has 2 atom stereocenters. The highest BCUT2D eigenvalue weighted by molar-refractivity contribution is 5.69. The maximum absolute atomic E-state index is 11.9. The largest absolute Gasteiger partial charge is 0.472 e. The third-order valence-corrected chi connectivity index (χ3v) is 3.97. The second kappa shape index (κ2) is 4.81. The Morgan fingerprint density at radius 1 is 1.45 bits per heavy atom. The van der Waals surface area contributed by atoms with Crippen LogP contribution in [0.3, 0.4) is 0 Å². The molecule has 2 aliphatic rings. The van der Waals surface area contributed by atoms with Gasteiger partial charge in [-0.1, -0.05) is 0 Å². The van der Waals surface area contributed by atoms with Gasteiger partial charge >= 0.3 is 6.09 Å². The number of furan rings is 1. The van der Waals surface area contributed by atoms with E-state index >= 15 is 0 Å². The van der Waals surface area contributed by atoms with E-state index < -0.39 is 5.60 Å². The van der Waals surface area contributed by atoms with Crippen LogP contribution in [0.4, 0.5) is 4.79 Å². The minimum absolute atomic E-state index is 0.182. The van der Waals surface area contributed by atoms with Gasteiger partial charge in [-0.15, -0.1) is 0 Å². The zero-order valence-corrected chi connectivity index (χ0v) is 12.3. The summed E-state index contributed by atoms with van der Waals surface area (Å²) in [7, 11) is 0. The molecule has 1 aromatic rings. The molecular weight excluding hydrogens is 256 g/mol. The number of carbonyl (C=O) groups excluding carboxylic acids is 1. The summed E-state index contributed by atoms with van der Waals surface area (Å²) in [6.45, 7) is 8.15. The molecular formula is C15H22N2O3. The molecule has 1 saturated carbocycles. The number of nitrogens with zero attached hydrogens (tertiary/aromatic N) is 1. The van der Waals surface area contributed by atoms with Crippen molar-refractivity contribution in [3.05, 3.63) is 24.2 Å². The Morgan fingerprint density at radius 2 is 2.15 bits per heavy atom. The van der Waals surface area contributed by atoms with Gasteiger partial charge in [0.2, 0.25) is 0 Å². The van der Waals surface area contributed by atoms with Crippen LogP contribution >= 0.6 is 0 Å². The van der Waals surface area contributed by atoms with Crippen LogP contribution in [0.5, 0.6) is 0 Å². The second-order valence-corrected chi connectivity index (χ2v) is 6.75. The SMILES string of the molecule is CC(C)(C)OC(=O)N1CC2C(C1)C2NCc1ccoc1. The summed E-state index contributed by atoms with van der Waals surface area (Å²) in [6.07, 6.45) is 3.27. The average molecular weight is 278 g/mol. The highest BCUT2D eigenvalue weighted by atomic mass is 16.6. The molecule has 110 valence electrons. The van der Waals surface area contributed by atoms with Gasteiger partial charge in [-0.25, -0.2) is 4.79 Å². The van der Waals surface area contributed by atoms with Gasteiger partial charge in [0.25, 0.3) is 0 Å². The topological polar surface area (TPSA) is 54.7 Å². The molecule has 1 saturated heterocycles. The van der Waals surface area contributed by atoms with Crippen molar-refractivity contribution in [1.29, 1.82) is 0 Å². The summed E-state index contributed by atoms with van der Waals surface area (Å²) in [5, 5.41) is 3.53. The molecule has 3 rings (SSSR count). The molecule has 2 unspecified atom stereocenters. The normalized spacial score (nSPS) is 28.4. The Kier molecular flexibility index (Phi) is 3.24. The molecule has 5 heteroatoms. The van der Waals surface area contributed by atoms with Crippen molar-refractivity contribution in [3.8, 4) is 0 Å². The quantitative estimate of drug-likeness (QED) is 0.921. The van der Waals surface area contributed by atoms with Crippen LogP contribution in [0, 0.1) is 11.8 Å². The summed E-state index contributed by atoms with van der Waals surface area (Å²) in [6, 6.07) is 2.50. The summed E-state index contributed by atoms with van der Waals surface area (Å²) in [5.74, 6) is 1.16. The number of rotatable bonds is 3. The maximum Gasteiger partial charge on any atom is 0.410 e. The van der Waals surface area contributed by atoms with Crippen molar-refractivity contribution in [2.45, 2.75) is 39.0 Å². The van der Waals surface area contributed by atoms with E-state index in [2.05, 4.69) is 5.32 Å². The van der Waals surface area contributed by atoms with Crippen LogP contribution in [0.15, 0.2) is 23.0 Å². The van der Waals surface area contributed by atoms with Gasteiger partial charge in [-0.05, 0) is 38.7 Å². The summed E-state index contributed by atoms with van der Waals surface area (Å²) in [5.41, 5.74) is 0.752. The molecule has 20 heavy (non-hydrogen) atoms. The van der Waals surface area contributed by atoms with Crippen molar-refractivity contribution in [2.24, 2.45) is 11.8 Å². The molecule has 1 aliphatic heterocycles. The van der Waals surface area contributed by atoms with Crippen LogP contribution < -0.4 is 5.32 Å². The molecule has 1 aliphatic carbocycles. The fourth-order valence-corrected chi connectivity index (χ4v) is 2.93. The predicted octanol–water partition coefficient (Wildman–Crippen LogP) is 2.23. The first-order valence-corrected chi connectivity index (χ1v) is 7.16. The van der Waals surface area contributed by atoms with Crippen molar-refractivity contribution in [2.75, 3.05) is 13.1 Å². The lowest BCUT2D eigenvalue weighted by Gasteiger charge is -2.26. The van der Waals surface area contributed by atoms with Gasteiger partial charge < -0.3 is 19.4 Å². The summed E-state index contributed by atoms with van der Waals surface area (Å²) < 4.78 is 10.4. The van der Waals surface area contributed by atoms with Gasteiger partial charge in [0.05, 0.1) is 12.5 Å². The fraction of sp³-hybridized carbons (Fsp3) is 0.667. The van der Waals surface area contributed by atoms with Gasteiger partial charge in [0, 0.05) is 31.2 Å². The Morgan fingerprint density at radius 3 is 2.70 bits per heavy atom. The monoisotopic (exact) mass is 278 g/mol. The van der Waals surface area contributed by atoms with Gasteiger partial charge in [-0.2, -0.15) is 0 Å². The van der Waals surface area contributed by atoms with Crippen molar-refractivity contribution < 1.29 is 13.9 Å². The smallest absolute Gasteiger partial charge is 0.410 e. The van der Waals surface area contributed by atoms with E-state index in [1.54, 1.807) is 12.5 Å². The fourth-order valence-electron chi connectivity index (χ4n) is 2.93.